The maximum absolute atomic E-state index is 13.6. The fraction of sp³-hybridized carbons (Fsp3) is 0.862. The van der Waals surface area contributed by atoms with Gasteiger partial charge in [-0.3, -0.25) is 15.0 Å². The van der Waals surface area contributed by atoms with Crippen molar-refractivity contribution in [1.82, 2.24) is 21.3 Å². The molecular formula is C29H52BN5O5. The van der Waals surface area contributed by atoms with E-state index in [-0.39, 0.29) is 53.0 Å². The van der Waals surface area contributed by atoms with Crippen LogP contribution in [-0.2, 0) is 23.7 Å². The molecule has 3 aliphatic carbocycles. The highest BCUT2D eigenvalue weighted by atomic mass is 16.7. The molecule has 4 aliphatic rings. The summed E-state index contributed by atoms with van der Waals surface area (Å²) >= 11 is 0. The van der Waals surface area contributed by atoms with E-state index in [1.807, 2.05) is 0 Å². The van der Waals surface area contributed by atoms with E-state index in [1.165, 1.54) is 0 Å². The minimum Gasteiger partial charge on any atom is -0.404 e. The smallest absolute Gasteiger partial charge is 0.404 e. The topological polar surface area (TPSA) is 142 Å². The van der Waals surface area contributed by atoms with Gasteiger partial charge in [0.15, 0.2) is 5.96 Å². The van der Waals surface area contributed by atoms with Gasteiger partial charge in [-0.2, -0.15) is 0 Å². The lowest BCUT2D eigenvalue weighted by Crippen LogP contribution is -2.65. The van der Waals surface area contributed by atoms with Crippen LogP contribution in [0.25, 0.3) is 0 Å². The lowest BCUT2D eigenvalue weighted by molar-refractivity contribution is -0.199. The summed E-state index contributed by atoms with van der Waals surface area (Å²) in [5.41, 5.74) is -0.127. The Kier molecular flexibility index (Phi) is 11.1. The van der Waals surface area contributed by atoms with Gasteiger partial charge in [-0.15, -0.1) is 0 Å². The maximum Gasteiger partial charge on any atom is 0.481 e. The van der Waals surface area contributed by atoms with Crippen molar-refractivity contribution in [2.45, 2.75) is 123 Å². The van der Waals surface area contributed by atoms with Crippen LogP contribution < -0.4 is 21.3 Å². The number of guanidine groups is 1. The van der Waals surface area contributed by atoms with Gasteiger partial charge in [0.2, 0.25) is 11.8 Å². The van der Waals surface area contributed by atoms with Gasteiger partial charge in [0.05, 0.1) is 17.6 Å². The van der Waals surface area contributed by atoms with Gasteiger partial charge in [-0.1, -0.05) is 27.7 Å². The summed E-state index contributed by atoms with van der Waals surface area (Å²) in [5.74, 6) is 0.924. The molecule has 2 bridgehead atoms. The largest absolute Gasteiger partial charge is 0.481 e. The fourth-order valence-electron chi connectivity index (χ4n) is 6.90. The Morgan fingerprint density at radius 1 is 1.05 bits per heavy atom. The zero-order valence-electron chi connectivity index (χ0n) is 25.7. The lowest BCUT2D eigenvalue weighted by Gasteiger charge is -2.64. The van der Waals surface area contributed by atoms with Crippen LogP contribution in [0.5, 0.6) is 0 Å². The van der Waals surface area contributed by atoms with E-state index in [1.54, 1.807) is 14.0 Å². The van der Waals surface area contributed by atoms with Crippen LogP contribution >= 0.6 is 0 Å². The van der Waals surface area contributed by atoms with Gasteiger partial charge in [0.25, 0.3) is 0 Å². The second kappa shape index (κ2) is 13.7. The number of Topliss-reactive ketones (excluding diaryl/α,β-unsaturated/α-hetero) is 1. The third-order valence-corrected chi connectivity index (χ3v) is 9.41. The first kappa shape index (κ1) is 32.4. The quantitative estimate of drug-likeness (QED) is 0.0896. The lowest BCUT2D eigenvalue weighted by atomic mass is 9.43. The molecular weight excluding hydrogens is 509 g/mol. The Labute approximate surface area is 240 Å². The molecule has 1 aliphatic heterocycles. The van der Waals surface area contributed by atoms with E-state index < -0.39 is 13.2 Å². The molecule has 6 atom stereocenters. The van der Waals surface area contributed by atoms with Crippen molar-refractivity contribution in [3.05, 3.63) is 0 Å². The monoisotopic (exact) mass is 561 g/mol. The van der Waals surface area contributed by atoms with E-state index in [0.29, 0.717) is 62.8 Å². The Morgan fingerprint density at radius 3 is 2.38 bits per heavy atom. The molecule has 0 spiro atoms. The van der Waals surface area contributed by atoms with Crippen molar-refractivity contribution in [3.8, 4) is 0 Å². The predicted molar refractivity (Wildman–Crippen MR) is 157 cm³/mol. The van der Waals surface area contributed by atoms with Gasteiger partial charge >= 0.3 is 7.12 Å². The van der Waals surface area contributed by atoms with E-state index in [9.17, 15) is 14.4 Å². The summed E-state index contributed by atoms with van der Waals surface area (Å²) in [7, 11) is 1.14. The molecule has 4 rings (SSSR count). The summed E-state index contributed by atoms with van der Waals surface area (Å²) in [6.07, 6.45) is 5.86. The standard InChI is InChI=1S/C29H52BN5O5/c1-18(2)15-24(30-39-23-17-20-16-22(28(20,4)5)29(23,6)40-30)35-26(38)21(12-10-14-33-27(31)32-7)34-25(37)13-9-8-11-19(3)36/h18,20-24H,8-17H2,1-7H3,(H,34,37)(H,35,38)(H3,31,32,33)/t20-,21-,22-,23+,24-,29-/m0/s1. The first-order valence-corrected chi connectivity index (χ1v) is 15.2. The third kappa shape index (κ3) is 7.78. The molecule has 0 radical (unpaired) electrons. The molecule has 0 aromatic rings. The van der Waals surface area contributed by atoms with Crippen LogP contribution in [0.2, 0.25) is 0 Å². The highest BCUT2D eigenvalue weighted by molar-refractivity contribution is 6.48. The number of rotatable bonds is 15. The van der Waals surface area contributed by atoms with Gasteiger partial charge < -0.3 is 35.4 Å². The van der Waals surface area contributed by atoms with E-state index >= 15 is 0 Å². The van der Waals surface area contributed by atoms with E-state index in [4.69, 9.17) is 14.7 Å². The Bertz CT molecular complexity index is 930. The molecule has 40 heavy (non-hydrogen) atoms. The molecule has 1 saturated heterocycles. The zero-order valence-corrected chi connectivity index (χ0v) is 25.7. The number of hydrogen-bond acceptors (Lipinski definition) is 6. The van der Waals surface area contributed by atoms with Crippen molar-refractivity contribution in [2.75, 3.05) is 13.6 Å². The third-order valence-electron chi connectivity index (χ3n) is 9.41. The van der Waals surface area contributed by atoms with Crippen molar-refractivity contribution in [2.24, 2.45) is 23.2 Å². The summed E-state index contributed by atoms with van der Waals surface area (Å²) in [6, 6.07) is -0.716. The van der Waals surface area contributed by atoms with E-state index in [2.05, 4.69) is 55.9 Å². The van der Waals surface area contributed by atoms with Crippen molar-refractivity contribution in [3.63, 3.8) is 0 Å². The number of nitrogens with one attached hydrogen (secondary N) is 5. The molecule has 0 aromatic heterocycles. The average molecular weight is 562 g/mol. The van der Waals surface area contributed by atoms with E-state index in [0.717, 1.165) is 12.8 Å². The summed E-state index contributed by atoms with van der Waals surface area (Å²) in [4.78, 5) is 37.6. The summed E-state index contributed by atoms with van der Waals surface area (Å²) < 4.78 is 13.2. The molecule has 0 unspecified atom stereocenters. The predicted octanol–water partition coefficient (Wildman–Crippen LogP) is 2.94. The molecule has 3 saturated carbocycles. The molecule has 226 valence electrons. The number of carbonyl (C=O) groups is 3. The minimum absolute atomic E-state index is 0.0277. The van der Waals surface area contributed by atoms with Crippen LogP contribution in [0.3, 0.4) is 0 Å². The average Bonchev–Trinajstić information content (AvgIpc) is 3.24. The molecule has 10 nitrogen and oxygen atoms in total. The highest BCUT2D eigenvalue weighted by Crippen LogP contribution is 2.65. The van der Waals surface area contributed by atoms with Crippen LogP contribution in [-0.4, -0.2) is 68.0 Å². The molecule has 5 N–H and O–H groups in total. The molecule has 1 heterocycles. The second-order valence-electron chi connectivity index (χ2n) is 13.3. The highest BCUT2D eigenvalue weighted by Gasteiger charge is 2.68. The van der Waals surface area contributed by atoms with Crippen LogP contribution in [0.4, 0.5) is 0 Å². The number of ketones is 1. The molecule has 4 fully saturated rings. The second-order valence-corrected chi connectivity index (χ2v) is 13.3. The van der Waals surface area contributed by atoms with Gasteiger partial charge in [0, 0.05) is 26.4 Å². The van der Waals surface area contributed by atoms with Gasteiger partial charge in [-0.25, -0.2) is 0 Å². The molecule has 11 heteroatoms. The fourth-order valence-corrected chi connectivity index (χ4v) is 6.90. The first-order chi connectivity index (χ1) is 18.8. The SMILES string of the molecule is CNC(=N)NCCC[C@H](NC(=O)CCCCC(C)=O)C(=O)N[C@@H](CC(C)C)B1O[C@@H]2C[C@@H]3C[C@@H](C3(C)C)[C@]2(C)O1. The molecule has 0 aromatic carbocycles. The molecule has 2 amide bonds. The number of hydrogen-bond donors (Lipinski definition) is 5. The zero-order chi connectivity index (χ0) is 29.7. The normalized spacial score (nSPS) is 27.7. The van der Waals surface area contributed by atoms with Gasteiger partial charge in [0.1, 0.15) is 11.8 Å². The van der Waals surface area contributed by atoms with Crippen molar-refractivity contribution in [1.29, 1.82) is 5.41 Å². The minimum atomic E-state index is -0.716. The van der Waals surface area contributed by atoms with Gasteiger partial charge in [-0.05, 0) is 82.0 Å². The maximum atomic E-state index is 13.6. The van der Waals surface area contributed by atoms with Crippen molar-refractivity contribution >= 4 is 30.7 Å². The number of amides is 2. The van der Waals surface area contributed by atoms with Crippen LogP contribution in [0.1, 0.15) is 99.3 Å². The number of carbonyl (C=O) groups excluding carboxylic acids is 3. The summed E-state index contributed by atoms with van der Waals surface area (Å²) in [5, 5.41) is 19.5. The van der Waals surface area contributed by atoms with Crippen LogP contribution in [0.15, 0.2) is 0 Å². The first-order valence-electron chi connectivity index (χ1n) is 15.2. The summed E-state index contributed by atoms with van der Waals surface area (Å²) in [6.45, 7) is 13.1. The number of unbranched alkanes of at least 4 members (excludes halogenated alkanes) is 1. The Hall–Kier alpha value is -2.14. The Morgan fingerprint density at radius 2 is 1.75 bits per heavy atom. The van der Waals surface area contributed by atoms with Crippen LogP contribution in [0, 0.1) is 28.6 Å². The Balaban J connectivity index is 1.65. The van der Waals surface area contributed by atoms with Crippen molar-refractivity contribution < 1.29 is 23.7 Å².